The largest absolute Gasteiger partial charge is 0.444 e. The van der Waals surface area contributed by atoms with Crippen molar-refractivity contribution in [2.24, 2.45) is 11.3 Å². The number of benzene rings is 1. The summed E-state index contributed by atoms with van der Waals surface area (Å²) in [5, 5.41) is -0.470. The number of carbonyl (C=O) groups is 4. The van der Waals surface area contributed by atoms with Gasteiger partial charge in [-0.15, -0.1) is 0 Å². The van der Waals surface area contributed by atoms with Crippen LogP contribution in [0.4, 0.5) is 14.0 Å². The van der Waals surface area contributed by atoms with Crippen molar-refractivity contribution in [2.45, 2.75) is 88.3 Å². The number of hydrogen-bond donors (Lipinski definition) is 0. The maximum absolute atomic E-state index is 14.3. The number of fused-ring (bicyclic) bond motifs is 3. The van der Waals surface area contributed by atoms with Crippen molar-refractivity contribution in [1.29, 1.82) is 0 Å². The number of Topliss-reactive ketones (excluding diaryl/α,β-unsaturated/α-hetero) is 2. The van der Waals surface area contributed by atoms with Crippen LogP contribution in [0.3, 0.4) is 0 Å². The second-order valence-corrected chi connectivity index (χ2v) is 15.4. The monoisotopic (exact) mass is 629 g/mol. The summed E-state index contributed by atoms with van der Waals surface area (Å²) in [5.41, 5.74) is 0.0539. The van der Waals surface area contributed by atoms with Crippen molar-refractivity contribution >= 4 is 33.5 Å². The Labute approximate surface area is 257 Å². The molecule has 3 fully saturated rings. The fourth-order valence-electron chi connectivity index (χ4n) is 7.00. The number of urea groups is 1. The van der Waals surface area contributed by atoms with E-state index in [9.17, 15) is 32.0 Å². The van der Waals surface area contributed by atoms with Crippen LogP contribution in [0.2, 0.25) is 0 Å². The van der Waals surface area contributed by atoms with Gasteiger partial charge in [0.15, 0.2) is 21.4 Å². The number of sulfone groups is 1. The molecule has 44 heavy (non-hydrogen) atoms. The average molecular weight is 630 g/mol. The molecule has 238 valence electrons. The van der Waals surface area contributed by atoms with Crippen LogP contribution in [0.5, 0.6) is 0 Å². The zero-order valence-electron chi connectivity index (χ0n) is 25.1. The molecular formula is C32H40FN3O7S. The molecule has 0 bridgehead atoms. The minimum Gasteiger partial charge on any atom is -0.444 e. The standard InChI is InChI=1S/C32H40FN3O7S/c1-34-13-6-4-2-3-5-9-22-15-32(22,29(38)20-44(41,42)24-11-12-24)16-28(37)27-14-23(18-36(27)30(34)39)43-31(40)35-17-21-8-7-10-26(33)25(21)19-35/h5,7-10,22-24,27H,2-4,6,11-20H2,1H3/b9-5-/t22-,23-,27+,32-/m1/s1. The molecule has 10 nitrogen and oxygen atoms in total. The summed E-state index contributed by atoms with van der Waals surface area (Å²) >= 11 is 0. The maximum atomic E-state index is 14.3. The second-order valence-electron chi connectivity index (χ2n) is 13.2. The lowest BCUT2D eigenvalue weighted by atomic mass is 9.89. The molecule has 12 heteroatoms. The summed E-state index contributed by atoms with van der Waals surface area (Å²) in [7, 11) is -1.88. The summed E-state index contributed by atoms with van der Waals surface area (Å²) in [6.45, 7) is 0.799. The van der Waals surface area contributed by atoms with Gasteiger partial charge in [0.1, 0.15) is 17.7 Å². The van der Waals surface area contributed by atoms with Crippen LogP contribution in [0.1, 0.15) is 68.9 Å². The Bertz CT molecular complexity index is 1490. The van der Waals surface area contributed by atoms with Gasteiger partial charge < -0.3 is 14.5 Å². The molecule has 0 radical (unpaired) electrons. The second kappa shape index (κ2) is 11.9. The predicted octanol–water partition coefficient (Wildman–Crippen LogP) is 4.01. The van der Waals surface area contributed by atoms with Crippen molar-refractivity contribution in [1.82, 2.24) is 14.7 Å². The maximum Gasteiger partial charge on any atom is 0.410 e. The molecule has 2 saturated carbocycles. The molecule has 1 aromatic rings. The molecule has 3 heterocycles. The number of nitrogens with zero attached hydrogens (tertiary/aromatic N) is 3. The predicted molar refractivity (Wildman–Crippen MR) is 159 cm³/mol. The lowest BCUT2D eigenvalue weighted by molar-refractivity contribution is -0.130. The highest BCUT2D eigenvalue weighted by Gasteiger charge is 2.61. The Hall–Kier alpha value is -3.28. The number of ether oxygens (including phenoxy) is 1. The van der Waals surface area contributed by atoms with E-state index in [1.807, 2.05) is 12.2 Å². The quantitative estimate of drug-likeness (QED) is 0.451. The fourth-order valence-corrected chi connectivity index (χ4v) is 8.74. The molecule has 3 aliphatic heterocycles. The number of hydrogen-bond acceptors (Lipinski definition) is 7. The van der Waals surface area contributed by atoms with Crippen LogP contribution in [0.25, 0.3) is 0 Å². The van der Waals surface area contributed by atoms with Gasteiger partial charge in [-0.3, -0.25) is 14.5 Å². The number of halogens is 1. The van der Waals surface area contributed by atoms with Gasteiger partial charge in [0, 0.05) is 44.0 Å². The van der Waals surface area contributed by atoms with Crippen molar-refractivity contribution in [3.05, 3.63) is 47.3 Å². The van der Waals surface area contributed by atoms with Crippen LogP contribution >= 0.6 is 0 Å². The third kappa shape index (κ3) is 6.14. The fraction of sp³-hybridized carbons (Fsp3) is 0.625. The summed E-state index contributed by atoms with van der Waals surface area (Å²) in [6.07, 6.45) is 7.42. The number of carbonyl (C=O) groups excluding carboxylic acids is 4. The molecule has 1 saturated heterocycles. The lowest BCUT2D eigenvalue weighted by Gasteiger charge is -2.29. The van der Waals surface area contributed by atoms with Crippen molar-refractivity contribution in [2.75, 3.05) is 25.9 Å². The topological polar surface area (TPSA) is 121 Å². The highest BCUT2D eigenvalue weighted by atomic mass is 32.2. The van der Waals surface area contributed by atoms with Gasteiger partial charge in [0.25, 0.3) is 0 Å². The molecule has 4 atom stereocenters. The molecule has 6 rings (SSSR count). The molecule has 3 amide bonds. The molecule has 5 aliphatic rings. The van der Waals surface area contributed by atoms with E-state index in [1.54, 1.807) is 24.1 Å². The number of rotatable bonds is 5. The summed E-state index contributed by atoms with van der Waals surface area (Å²) in [5.74, 6) is -1.93. The van der Waals surface area contributed by atoms with E-state index in [0.717, 1.165) is 25.7 Å². The minimum atomic E-state index is -3.56. The van der Waals surface area contributed by atoms with Gasteiger partial charge in [-0.1, -0.05) is 30.7 Å². The SMILES string of the molecule is CN1CCCCC/C=C\[C@@H]2C[C@@]2(C(=O)CS(=O)(=O)C2CC2)CC(=O)[C@@H]2C[C@@H](OC(=O)N3Cc4cccc(F)c4C3)CN2C1=O. The Balaban J connectivity index is 1.20. The molecular weight excluding hydrogens is 589 g/mol. The van der Waals surface area contributed by atoms with Gasteiger partial charge >= 0.3 is 12.1 Å². The zero-order valence-corrected chi connectivity index (χ0v) is 25.9. The summed E-state index contributed by atoms with van der Waals surface area (Å²) in [6, 6.07) is 3.44. The third-order valence-electron chi connectivity index (χ3n) is 9.93. The number of ketones is 2. The highest BCUT2D eigenvalue weighted by Crippen LogP contribution is 2.58. The van der Waals surface area contributed by atoms with Gasteiger partial charge in [0.05, 0.1) is 24.4 Å². The van der Waals surface area contributed by atoms with E-state index < -0.39 is 50.3 Å². The van der Waals surface area contributed by atoms with E-state index >= 15 is 0 Å². The first-order chi connectivity index (χ1) is 21.0. The van der Waals surface area contributed by atoms with Crippen molar-refractivity contribution in [3.63, 3.8) is 0 Å². The molecule has 0 aromatic heterocycles. The molecule has 1 aromatic carbocycles. The van der Waals surface area contributed by atoms with Crippen LogP contribution in [-0.2, 0) is 37.3 Å². The van der Waals surface area contributed by atoms with Crippen molar-refractivity contribution < 1.29 is 36.7 Å². The van der Waals surface area contributed by atoms with Gasteiger partial charge in [-0.05, 0) is 56.1 Å². The molecule has 0 unspecified atom stereocenters. The first-order valence-corrected chi connectivity index (χ1v) is 17.4. The first-order valence-electron chi connectivity index (χ1n) is 15.7. The minimum absolute atomic E-state index is 0.0147. The Kier molecular flexibility index (Phi) is 8.32. The highest BCUT2D eigenvalue weighted by molar-refractivity contribution is 7.93. The Morgan fingerprint density at radius 2 is 1.91 bits per heavy atom. The lowest BCUT2D eigenvalue weighted by Crippen LogP contribution is -2.48. The molecule has 2 aliphatic carbocycles. The van der Waals surface area contributed by atoms with Crippen LogP contribution < -0.4 is 0 Å². The number of allylic oxidation sites excluding steroid dienone is 2. The van der Waals surface area contributed by atoms with Crippen LogP contribution in [0.15, 0.2) is 30.4 Å². The number of amides is 3. The average Bonchev–Trinajstić information content (AvgIpc) is 3.86. The van der Waals surface area contributed by atoms with Crippen LogP contribution in [0, 0.1) is 17.2 Å². The molecule has 0 spiro atoms. The smallest absolute Gasteiger partial charge is 0.410 e. The van der Waals surface area contributed by atoms with Crippen LogP contribution in [-0.4, -0.2) is 90.1 Å². The summed E-state index contributed by atoms with van der Waals surface area (Å²) in [4.78, 5) is 58.7. The third-order valence-corrected chi connectivity index (χ3v) is 12.1. The van der Waals surface area contributed by atoms with Crippen molar-refractivity contribution in [3.8, 4) is 0 Å². The van der Waals surface area contributed by atoms with Gasteiger partial charge in [-0.2, -0.15) is 0 Å². The van der Waals surface area contributed by atoms with E-state index in [-0.39, 0.29) is 56.0 Å². The van der Waals surface area contributed by atoms with E-state index in [1.165, 1.54) is 15.9 Å². The summed E-state index contributed by atoms with van der Waals surface area (Å²) < 4.78 is 45.5. The normalized spacial score (nSPS) is 30.1. The Morgan fingerprint density at radius 1 is 1.11 bits per heavy atom. The van der Waals surface area contributed by atoms with Gasteiger partial charge in [0.2, 0.25) is 0 Å². The first kappa shape index (κ1) is 30.7. The van der Waals surface area contributed by atoms with Gasteiger partial charge in [-0.25, -0.2) is 22.4 Å². The zero-order chi connectivity index (χ0) is 31.2. The van der Waals surface area contributed by atoms with E-state index in [0.29, 0.717) is 36.9 Å². The molecule has 0 N–H and O–H groups in total. The van der Waals surface area contributed by atoms with E-state index in [4.69, 9.17) is 4.74 Å². The Morgan fingerprint density at radius 3 is 2.66 bits per heavy atom. The van der Waals surface area contributed by atoms with E-state index in [2.05, 4.69) is 0 Å².